The van der Waals surface area contributed by atoms with Crippen molar-refractivity contribution in [3.63, 3.8) is 0 Å². The van der Waals surface area contributed by atoms with Crippen molar-refractivity contribution in [1.29, 1.82) is 0 Å². The largest absolute Gasteiger partial charge is 0.447 e. The van der Waals surface area contributed by atoms with Gasteiger partial charge in [-0.2, -0.15) is 0 Å². The summed E-state index contributed by atoms with van der Waals surface area (Å²) < 4.78 is 25.7. The molecule has 2 unspecified atom stereocenters. The first kappa shape index (κ1) is 19.4. The van der Waals surface area contributed by atoms with Crippen molar-refractivity contribution in [1.82, 2.24) is 9.88 Å². The molecule has 2 aliphatic rings. The molecule has 4 atom stereocenters. The quantitative estimate of drug-likeness (QED) is 0.592. The molecule has 1 aromatic heterocycles. The summed E-state index contributed by atoms with van der Waals surface area (Å²) in [5, 5.41) is 0. The Bertz CT molecular complexity index is 993. The van der Waals surface area contributed by atoms with E-state index in [1.165, 1.54) is 6.07 Å². The fourth-order valence-corrected chi connectivity index (χ4v) is 4.47. The van der Waals surface area contributed by atoms with Gasteiger partial charge in [0, 0.05) is 18.2 Å². The number of nitrogens with two attached hydrogens (primary N) is 1. The number of likely N-dealkylation sites (tertiary alicyclic amines) is 1. The molecule has 2 aromatic carbocycles. The summed E-state index contributed by atoms with van der Waals surface area (Å²) in [5.74, 6) is 0.551. The standard InChI is InChI=1S/C24H26FN3O2/c25-19-10-5-4-9-17(19)13-18(26)14-22-24(30-22)28-12-6-11-21(28)23-27-20(15-29-23)16-7-2-1-3-8-16/h1-5,7-10,15,18,21-22,24H,6,11-14,26H2/t18-,21+,22?,24?/m1/s1. The summed E-state index contributed by atoms with van der Waals surface area (Å²) >= 11 is 0. The zero-order valence-corrected chi connectivity index (χ0v) is 16.8. The summed E-state index contributed by atoms with van der Waals surface area (Å²) in [4.78, 5) is 7.08. The third kappa shape index (κ3) is 4.03. The van der Waals surface area contributed by atoms with Crippen molar-refractivity contribution in [3.05, 3.63) is 78.1 Å². The van der Waals surface area contributed by atoms with Crippen LogP contribution in [0.4, 0.5) is 4.39 Å². The first-order valence-electron chi connectivity index (χ1n) is 10.6. The molecular weight excluding hydrogens is 381 g/mol. The van der Waals surface area contributed by atoms with E-state index in [4.69, 9.17) is 19.9 Å². The topological polar surface area (TPSA) is 67.8 Å². The zero-order valence-electron chi connectivity index (χ0n) is 16.8. The minimum absolute atomic E-state index is 0.0382. The van der Waals surface area contributed by atoms with Gasteiger partial charge in [0.15, 0.2) is 0 Å². The highest BCUT2D eigenvalue weighted by atomic mass is 19.1. The van der Waals surface area contributed by atoms with Crippen LogP contribution in [0.5, 0.6) is 0 Å². The van der Waals surface area contributed by atoms with Gasteiger partial charge in [0.05, 0.1) is 6.04 Å². The van der Waals surface area contributed by atoms with Crippen LogP contribution in [0.1, 0.15) is 36.8 Å². The molecule has 0 spiro atoms. The van der Waals surface area contributed by atoms with Crippen LogP contribution in [-0.2, 0) is 11.2 Å². The van der Waals surface area contributed by atoms with Gasteiger partial charge in [0.2, 0.25) is 5.89 Å². The number of ether oxygens (including phenoxy) is 1. The number of oxazole rings is 1. The summed E-state index contributed by atoms with van der Waals surface area (Å²) in [5.41, 5.74) is 8.87. The first-order valence-corrected chi connectivity index (χ1v) is 10.6. The fraction of sp³-hybridized carbons (Fsp3) is 0.375. The molecule has 30 heavy (non-hydrogen) atoms. The van der Waals surface area contributed by atoms with Crippen LogP contribution in [0, 0.1) is 5.82 Å². The lowest BCUT2D eigenvalue weighted by atomic mass is 10.0. The maximum Gasteiger partial charge on any atom is 0.212 e. The Morgan fingerprint density at radius 3 is 2.77 bits per heavy atom. The number of hydrogen-bond acceptors (Lipinski definition) is 5. The molecule has 2 fully saturated rings. The molecule has 0 aliphatic carbocycles. The van der Waals surface area contributed by atoms with E-state index in [0.29, 0.717) is 18.4 Å². The van der Waals surface area contributed by atoms with Crippen LogP contribution < -0.4 is 5.73 Å². The van der Waals surface area contributed by atoms with Crippen LogP contribution in [0.15, 0.2) is 65.3 Å². The van der Waals surface area contributed by atoms with Crippen LogP contribution in [0.3, 0.4) is 0 Å². The number of aromatic nitrogens is 1. The van der Waals surface area contributed by atoms with E-state index in [-0.39, 0.29) is 30.2 Å². The van der Waals surface area contributed by atoms with E-state index in [0.717, 1.165) is 36.5 Å². The number of rotatable bonds is 7. The Morgan fingerprint density at radius 2 is 1.93 bits per heavy atom. The predicted octanol–water partition coefficient (Wildman–Crippen LogP) is 4.30. The molecule has 5 rings (SSSR count). The lowest BCUT2D eigenvalue weighted by Gasteiger charge is -2.20. The van der Waals surface area contributed by atoms with Crippen LogP contribution in [-0.4, -0.2) is 34.8 Å². The van der Waals surface area contributed by atoms with Crippen molar-refractivity contribution in [2.75, 3.05) is 6.54 Å². The highest BCUT2D eigenvalue weighted by molar-refractivity contribution is 5.57. The smallest absolute Gasteiger partial charge is 0.212 e. The molecule has 2 N–H and O–H groups in total. The minimum Gasteiger partial charge on any atom is -0.447 e. The molecule has 0 saturated carbocycles. The third-order valence-corrected chi connectivity index (χ3v) is 6.03. The third-order valence-electron chi connectivity index (χ3n) is 6.03. The summed E-state index contributed by atoms with van der Waals surface area (Å²) in [6, 6.07) is 16.9. The van der Waals surface area contributed by atoms with Gasteiger partial charge in [-0.3, -0.25) is 4.90 Å². The number of nitrogens with zero attached hydrogens (tertiary/aromatic N) is 2. The summed E-state index contributed by atoms with van der Waals surface area (Å²) in [7, 11) is 0. The van der Waals surface area contributed by atoms with Gasteiger partial charge in [-0.15, -0.1) is 0 Å². The number of epoxide rings is 1. The second-order valence-electron chi connectivity index (χ2n) is 8.19. The summed E-state index contributed by atoms with van der Waals surface area (Å²) in [6.07, 6.45) is 5.17. The van der Waals surface area contributed by atoms with Gasteiger partial charge in [-0.1, -0.05) is 48.5 Å². The minimum atomic E-state index is -0.195. The van der Waals surface area contributed by atoms with Gasteiger partial charge < -0.3 is 14.9 Å². The van der Waals surface area contributed by atoms with Gasteiger partial charge in [0.1, 0.15) is 30.1 Å². The van der Waals surface area contributed by atoms with Crippen LogP contribution in [0.25, 0.3) is 11.3 Å². The maximum absolute atomic E-state index is 13.9. The maximum atomic E-state index is 13.9. The Morgan fingerprint density at radius 1 is 1.13 bits per heavy atom. The molecule has 0 amide bonds. The molecular formula is C24H26FN3O2. The molecule has 6 heteroatoms. The van der Waals surface area contributed by atoms with Crippen molar-refractivity contribution < 1.29 is 13.5 Å². The second kappa shape index (κ2) is 8.30. The first-order chi connectivity index (χ1) is 14.7. The van der Waals surface area contributed by atoms with E-state index in [1.807, 2.05) is 36.4 Å². The van der Waals surface area contributed by atoms with E-state index in [1.54, 1.807) is 18.4 Å². The Kier molecular flexibility index (Phi) is 5.37. The number of benzene rings is 2. The van der Waals surface area contributed by atoms with Crippen molar-refractivity contribution in [2.24, 2.45) is 5.73 Å². The SMILES string of the molecule is N[C@H](Cc1ccccc1F)CC1OC1N1CCC[C@H]1c1nc(-c2ccccc2)co1. The van der Waals surface area contributed by atoms with Crippen molar-refractivity contribution in [2.45, 2.75) is 50.1 Å². The van der Waals surface area contributed by atoms with Crippen molar-refractivity contribution >= 4 is 0 Å². The van der Waals surface area contributed by atoms with E-state index >= 15 is 0 Å². The molecule has 156 valence electrons. The average Bonchev–Trinajstić information content (AvgIpc) is 3.16. The Hall–Kier alpha value is -2.54. The lowest BCUT2D eigenvalue weighted by molar-refractivity contribution is 0.144. The predicted molar refractivity (Wildman–Crippen MR) is 112 cm³/mol. The van der Waals surface area contributed by atoms with E-state index < -0.39 is 0 Å². The van der Waals surface area contributed by atoms with Gasteiger partial charge in [0.25, 0.3) is 0 Å². The number of hydrogen-bond donors (Lipinski definition) is 1. The van der Waals surface area contributed by atoms with Crippen LogP contribution in [0.2, 0.25) is 0 Å². The van der Waals surface area contributed by atoms with Crippen molar-refractivity contribution in [3.8, 4) is 11.3 Å². The molecule has 2 aliphatic heterocycles. The van der Waals surface area contributed by atoms with Gasteiger partial charge in [-0.25, -0.2) is 9.37 Å². The highest BCUT2D eigenvalue weighted by Crippen LogP contribution is 2.41. The molecule has 3 aromatic rings. The van der Waals surface area contributed by atoms with Crippen LogP contribution >= 0.6 is 0 Å². The van der Waals surface area contributed by atoms with E-state index in [9.17, 15) is 4.39 Å². The number of halogens is 1. The normalized spacial score (nSPS) is 24.8. The Labute approximate surface area is 175 Å². The Balaban J connectivity index is 1.21. The molecule has 2 saturated heterocycles. The fourth-order valence-electron chi connectivity index (χ4n) is 4.47. The highest BCUT2D eigenvalue weighted by Gasteiger charge is 2.49. The lowest BCUT2D eigenvalue weighted by Crippen LogP contribution is -2.31. The summed E-state index contributed by atoms with van der Waals surface area (Å²) in [6.45, 7) is 0.956. The zero-order chi connectivity index (χ0) is 20.5. The van der Waals surface area contributed by atoms with Gasteiger partial charge >= 0.3 is 0 Å². The molecule has 0 radical (unpaired) electrons. The second-order valence-corrected chi connectivity index (χ2v) is 8.19. The molecule has 5 nitrogen and oxygen atoms in total. The van der Waals surface area contributed by atoms with Gasteiger partial charge in [-0.05, 0) is 37.3 Å². The average molecular weight is 407 g/mol. The molecule has 3 heterocycles. The van der Waals surface area contributed by atoms with E-state index in [2.05, 4.69) is 4.90 Å². The monoisotopic (exact) mass is 407 g/mol. The molecule has 0 bridgehead atoms.